The van der Waals surface area contributed by atoms with E-state index in [0.717, 1.165) is 39.0 Å². The fraction of sp³-hybridized carbons (Fsp3) is 0.933. The van der Waals surface area contributed by atoms with Crippen molar-refractivity contribution in [3.8, 4) is 0 Å². The standard InChI is InChI=1S/C15H31N3O2/c1-12(2)10-18-7-6-14(11-18)9-16-15(20)17-13(3)5-4-8-19/h12-14,19H,4-11H2,1-3H3,(H2,16,17,20). The number of carbonyl (C=O) groups is 1. The van der Waals surface area contributed by atoms with Crippen molar-refractivity contribution in [2.45, 2.75) is 46.1 Å². The lowest BCUT2D eigenvalue weighted by molar-refractivity contribution is 0.231. The van der Waals surface area contributed by atoms with Crippen LogP contribution in [0.3, 0.4) is 0 Å². The second-order valence-electron chi connectivity index (χ2n) is 6.43. The Bertz CT molecular complexity index is 284. The van der Waals surface area contributed by atoms with Gasteiger partial charge in [0.1, 0.15) is 0 Å². The van der Waals surface area contributed by atoms with Crippen molar-refractivity contribution in [1.82, 2.24) is 15.5 Å². The van der Waals surface area contributed by atoms with E-state index in [4.69, 9.17) is 5.11 Å². The normalized spacial score (nSPS) is 21.1. The first-order valence-corrected chi connectivity index (χ1v) is 7.88. The average molecular weight is 285 g/mol. The first-order valence-electron chi connectivity index (χ1n) is 7.88. The van der Waals surface area contributed by atoms with E-state index in [1.54, 1.807) is 0 Å². The minimum Gasteiger partial charge on any atom is -0.396 e. The molecule has 2 unspecified atom stereocenters. The highest BCUT2D eigenvalue weighted by Crippen LogP contribution is 2.16. The number of carbonyl (C=O) groups excluding carboxylic acids is 1. The van der Waals surface area contributed by atoms with Crippen molar-refractivity contribution in [3.05, 3.63) is 0 Å². The van der Waals surface area contributed by atoms with Crippen LogP contribution in [0.25, 0.3) is 0 Å². The van der Waals surface area contributed by atoms with Gasteiger partial charge < -0.3 is 20.6 Å². The van der Waals surface area contributed by atoms with Crippen molar-refractivity contribution < 1.29 is 9.90 Å². The maximum absolute atomic E-state index is 11.7. The maximum atomic E-state index is 11.7. The molecular formula is C15H31N3O2. The number of hydrogen-bond donors (Lipinski definition) is 3. The van der Waals surface area contributed by atoms with Gasteiger partial charge in [0.25, 0.3) is 0 Å². The van der Waals surface area contributed by atoms with Crippen LogP contribution in [0, 0.1) is 11.8 Å². The van der Waals surface area contributed by atoms with Gasteiger partial charge in [-0.05, 0) is 44.6 Å². The molecule has 1 aliphatic rings. The van der Waals surface area contributed by atoms with Gasteiger partial charge in [-0.15, -0.1) is 0 Å². The van der Waals surface area contributed by atoms with Crippen LogP contribution < -0.4 is 10.6 Å². The van der Waals surface area contributed by atoms with Gasteiger partial charge in [-0.1, -0.05) is 13.8 Å². The molecule has 1 heterocycles. The highest BCUT2D eigenvalue weighted by atomic mass is 16.3. The zero-order chi connectivity index (χ0) is 15.0. The SMILES string of the molecule is CC(C)CN1CCC(CNC(=O)NC(C)CCCO)C1. The molecule has 1 aliphatic heterocycles. The Balaban J connectivity index is 2.12. The summed E-state index contributed by atoms with van der Waals surface area (Å²) in [4.78, 5) is 14.2. The van der Waals surface area contributed by atoms with Crippen LogP contribution >= 0.6 is 0 Å². The number of hydrogen-bond acceptors (Lipinski definition) is 3. The van der Waals surface area contributed by atoms with Crippen molar-refractivity contribution in [2.24, 2.45) is 11.8 Å². The zero-order valence-corrected chi connectivity index (χ0v) is 13.2. The summed E-state index contributed by atoms with van der Waals surface area (Å²) in [6.07, 6.45) is 2.72. The maximum Gasteiger partial charge on any atom is 0.315 e. The molecule has 2 atom stereocenters. The van der Waals surface area contributed by atoms with Gasteiger partial charge in [0.2, 0.25) is 0 Å². The Morgan fingerprint density at radius 2 is 2.15 bits per heavy atom. The highest BCUT2D eigenvalue weighted by Gasteiger charge is 2.23. The van der Waals surface area contributed by atoms with E-state index in [1.807, 2.05) is 6.92 Å². The lowest BCUT2D eigenvalue weighted by Crippen LogP contribution is -2.43. The summed E-state index contributed by atoms with van der Waals surface area (Å²) in [6, 6.07) is 0.0286. The van der Waals surface area contributed by atoms with E-state index < -0.39 is 0 Å². The van der Waals surface area contributed by atoms with Crippen LogP contribution in [-0.2, 0) is 0 Å². The third-order valence-electron chi connectivity index (χ3n) is 3.72. The quantitative estimate of drug-likeness (QED) is 0.632. The van der Waals surface area contributed by atoms with Gasteiger partial charge in [-0.25, -0.2) is 4.79 Å². The molecule has 3 N–H and O–H groups in total. The largest absolute Gasteiger partial charge is 0.396 e. The van der Waals surface area contributed by atoms with Gasteiger partial charge >= 0.3 is 6.03 Å². The molecule has 0 aromatic heterocycles. The number of nitrogens with one attached hydrogen (secondary N) is 2. The van der Waals surface area contributed by atoms with E-state index in [2.05, 4.69) is 29.4 Å². The van der Waals surface area contributed by atoms with Gasteiger partial charge in [-0.3, -0.25) is 0 Å². The smallest absolute Gasteiger partial charge is 0.315 e. The third-order valence-corrected chi connectivity index (χ3v) is 3.72. The minimum absolute atomic E-state index is 0.0854. The van der Waals surface area contributed by atoms with Gasteiger partial charge in [0, 0.05) is 32.3 Å². The van der Waals surface area contributed by atoms with Crippen LogP contribution in [0.1, 0.15) is 40.0 Å². The molecule has 0 aliphatic carbocycles. The Hall–Kier alpha value is -0.810. The molecule has 20 heavy (non-hydrogen) atoms. The number of urea groups is 1. The van der Waals surface area contributed by atoms with E-state index in [-0.39, 0.29) is 18.7 Å². The molecule has 1 saturated heterocycles. The molecule has 0 bridgehead atoms. The second-order valence-corrected chi connectivity index (χ2v) is 6.43. The van der Waals surface area contributed by atoms with Crippen molar-refractivity contribution >= 4 is 6.03 Å². The summed E-state index contributed by atoms with van der Waals surface area (Å²) >= 11 is 0. The van der Waals surface area contributed by atoms with Gasteiger partial charge in [0.05, 0.1) is 0 Å². The molecule has 2 amide bonds. The van der Waals surface area contributed by atoms with Gasteiger partial charge in [0.15, 0.2) is 0 Å². The molecule has 118 valence electrons. The average Bonchev–Trinajstić information content (AvgIpc) is 2.80. The number of amides is 2. The number of aliphatic hydroxyl groups excluding tert-OH is 1. The molecule has 5 heteroatoms. The third kappa shape index (κ3) is 7.10. The van der Waals surface area contributed by atoms with Crippen molar-refractivity contribution in [2.75, 3.05) is 32.8 Å². The number of aliphatic hydroxyl groups is 1. The monoisotopic (exact) mass is 285 g/mol. The summed E-state index contributed by atoms with van der Waals surface area (Å²) in [5.41, 5.74) is 0. The van der Waals surface area contributed by atoms with Crippen molar-refractivity contribution in [1.29, 1.82) is 0 Å². The number of nitrogens with zero attached hydrogens (tertiary/aromatic N) is 1. The number of rotatable bonds is 8. The molecule has 1 rings (SSSR count). The fourth-order valence-corrected chi connectivity index (χ4v) is 2.74. The summed E-state index contributed by atoms with van der Waals surface area (Å²) in [5, 5.41) is 14.6. The van der Waals surface area contributed by atoms with Gasteiger partial charge in [-0.2, -0.15) is 0 Å². The van der Waals surface area contributed by atoms with Crippen molar-refractivity contribution in [3.63, 3.8) is 0 Å². The molecule has 0 spiro atoms. The molecule has 5 nitrogen and oxygen atoms in total. The van der Waals surface area contributed by atoms with E-state index in [9.17, 15) is 4.79 Å². The predicted molar refractivity (Wildman–Crippen MR) is 81.7 cm³/mol. The molecule has 0 radical (unpaired) electrons. The summed E-state index contributed by atoms with van der Waals surface area (Å²) in [5.74, 6) is 1.28. The predicted octanol–water partition coefficient (Wildman–Crippen LogP) is 1.42. The Morgan fingerprint density at radius 3 is 2.80 bits per heavy atom. The zero-order valence-electron chi connectivity index (χ0n) is 13.2. The number of likely N-dealkylation sites (tertiary alicyclic amines) is 1. The fourth-order valence-electron chi connectivity index (χ4n) is 2.74. The molecular weight excluding hydrogens is 254 g/mol. The Labute approximate surface area is 123 Å². The lowest BCUT2D eigenvalue weighted by atomic mass is 10.1. The van der Waals surface area contributed by atoms with Crippen LogP contribution in [0.15, 0.2) is 0 Å². The Morgan fingerprint density at radius 1 is 1.40 bits per heavy atom. The first-order chi connectivity index (χ1) is 9.51. The summed E-state index contributed by atoms with van der Waals surface area (Å²) in [7, 11) is 0. The highest BCUT2D eigenvalue weighted by molar-refractivity contribution is 5.74. The van der Waals surface area contributed by atoms with Crippen LogP contribution in [0.2, 0.25) is 0 Å². The lowest BCUT2D eigenvalue weighted by Gasteiger charge is -2.19. The van der Waals surface area contributed by atoms with Crippen LogP contribution in [0.5, 0.6) is 0 Å². The first kappa shape index (κ1) is 17.2. The van der Waals surface area contributed by atoms with E-state index >= 15 is 0 Å². The summed E-state index contributed by atoms with van der Waals surface area (Å²) in [6.45, 7) is 10.8. The Kier molecular flexibility index (Phi) is 7.92. The van der Waals surface area contributed by atoms with Crippen LogP contribution in [-0.4, -0.2) is 54.9 Å². The second kappa shape index (κ2) is 9.19. The summed E-state index contributed by atoms with van der Waals surface area (Å²) < 4.78 is 0. The van der Waals surface area contributed by atoms with E-state index in [0.29, 0.717) is 11.8 Å². The topological polar surface area (TPSA) is 64.6 Å². The van der Waals surface area contributed by atoms with E-state index in [1.165, 1.54) is 6.42 Å². The molecule has 0 saturated carbocycles. The molecule has 0 aromatic carbocycles. The molecule has 1 fully saturated rings. The molecule has 0 aromatic rings. The minimum atomic E-state index is -0.0854. The van der Waals surface area contributed by atoms with Crippen LogP contribution in [0.4, 0.5) is 4.79 Å².